The minimum absolute atomic E-state index is 0.418. The summed E-state index contributed by atoms with van der Waals surface area (Å²) in [5.74, 6) is -0.304. The lowest BCUT2D eigenvalue weighted by atomic mass is 10.2. The van der Waals surface area contributed by atoms with Crippen molar-refractivity contribution in [3.8, 4) is 5.75 Å². The molecule has 0 aliphatic rings. The second kappa shape index (κ2) is 6.42. The normalized spacial score (nSPS) is 14.6. The number of amides is 1. The van der Waals surface area contributed by atoms with Gasteiger partial charge in [0.05, 0.1) is 6.04 Å². The molecule has 0 fully saturated rings. The Morgan fingerprint density at radius 1 is 1.37 bits per heavy atom. The van der Waals surface area contributed by atoms with Crippen LogP contribution in [-0.2, 0) is 4.79 Å². The number of halogens is 3. The zero-order valence-corrected chi connectivity index (χ0v) is 10.1. The van der Waals surface area contributed by atoms with Crippen molar-refractivity contribution in [1.29, 1.82) is 0 Å². The molecule has 2 N–H and O–H groups in total. The number of nitrogens with one attached hydrogen (secondary N) is 1. The summed E-state index contributed by atoms with van der Waals surface area (Å²) in [5, 5.41) is 10.9. The lowest BCUT2D eigenvalue weighted by molar-refractivity contribution is -0.210. The van der Waals surface area contributed by atoms with Crippen LogP contribution in [0.3, 0.4) is 0 Å². The van der Waals surface area contributed by atoms with Crippen LogP contribution in [0.2, 0.25) is 0 Å². The first-order valence-electron chi connectivity index (χ1n) is 5.52. The predicted molar refractivity (Wildman–Crippen MR) is 61.6 cm³/mol. The van der Waals surface area contributed by atoms with Gasteiger partial charge in [0.25, 0.3) is 5.91 Å². The van der Waals surface area contributed by atoms with E-state index in [2.05, 4.69) is 0 Å². The van der Waals surface area contributed by atoms with Crippen molar-refractivity contribution in [2.24, 2.45) is 0 Å². The lowest BCUT2D eigenvalue weighted by Gasteiger charge is -2.22. The van der Waals surface area contributed by atoms with Crippen molar-refractivity contribution < 1.29 is 27.8 Å². The molecular weight excluding hydrogens is 263 g/mol. The highest BCUT2D eigenvalue weighted by Gasteiger charge is 2.42. The first-order chi connectivity index (χ1) is 8.80. The van der Waals surface area contributed by atoms with E-state index < -0.39 is 30.8 Å². The minimum Gasteiger partial charge on any atom is -0.484 e. The number of ether oxygens (including phenoxy) is 1. The van der Waals surface area contributed by atoms with Gasteiger partial charge in [-0.25, -0.2) is 0 Å². The molecule has 0 bridgehead atoms. The van der Waals surface area contributed by atoms with Gasteiger partial charge >= 0.3 is 6.18 Å². The number of rotatable bonds is 5. The maximum Gasteiger partial charge on any atom is 0.416 e. The van der Waals surface area contributed by atoms with E-state index in [1.165, 1.54) is 0 Å². The SMILES string of the molecule is C[C@@H](NC(=O)COc1ccccc1)[C@@H](O)C(F)(F)F. The Bertz CT molecular complexity index is 408. The first-order valence-corrected chi connectivity index (χ1v) is 5.52. The maximum atomic E-state index is 12.2. The van der Waals surface area contributed by atoms with Gasteiger partial charge < -0.3 is 15.2 Å². The van der Waals surface area contributed by atoms with Gasteiger partial charge in [0.1, 0.15) is 5.75 Å². The van der Waals surface area contributed by atoms with Crippen LogP contribution in [0.25, 0.3) is 0 Å². The van der Waals surface area contributed by atoms with Gasteiger partial charge in [0, 0.05) is 0 Å². The summed E-state index contributed by atoms with van der Waals surface area (Å²) in [6.07, 6.45) is -7.37. The summed E-state index contributed by atoms with van der Waals surface area (Å²) in [4.78, 5) is 11.3. The quantitative estimate of drug-likeness (QED) is 0.857. The maximum absolute atomic E-state index is 12.2. The third-order valence-corrected chi connectivity index (χ3v) is 2.31. The summed E-state index contributed by atoms with van der Waals surface area (Å²) >= 11 is 0. The van der Waals surface area contributed by atoms with E-state index in [4.69, 9.17) is 9.84 Å². The van der Waals surface area contributed by atoms with Gasteiger partial charge in [0.15, 0.2) is 12.7 Å². The van der Waals surface area contributed by atoms with Gasteiger partial charge in [0.2, 0.25) is 0 Å². The van der Waals surface area contributed by atoms with Gasteiger partial charge in [-0.05, 0) is 19.1 Å². The Morgan fingerprint density at radius 2 is 1.95 bits per heavy atom. The average Bonchev–Trinajstić information content (AvgIpc) is 2.35. The largest absolute Gasteiger partial charge is 0.484 e. The molecule has 0 radical (unpaired) electrons. The molecule has 1 aromatic rings. The molecule has 0 spiro atoms. The van der Waals surface area contributed by atoms with E-state index in [0.717, 1.165) is 6.92 Å². The van der Waals surface area contributed by atoms with Crippen LogP contribution in [0, 0.1) is 0 Å². The summed E-state index contributed by atoms with van der Waals surface area (Å²) in [5.41, 5.74) is 0. The average molecular weight is 277 g/mol. The molecular formula is C12H14F3NO3. The Balaban J connectivity index is 2.39. The highest BCUT2D eigenvalue weighted by molar-refractivity contribution is 5.77. The van der Waals surface area contributed by atoms with Crippen LogP contribution in [0.5, 0.6) is 5.75 Å². The van der Waals surface area contributed by atoms with E-state index in [1.54, 1.807) is 30.3 Å². The smallest absolute Gasteiger partial charge is 0.416 e. The fraction of sp³-hybridized carbons (Fsp3) is 0.417. The van der Waals surface area contributed by atoms with Crippen molar-refractivity contribution in [2.45, 2.75) is 25.2 Å². The first kappa shape index (κ1) is 15.3. The Morgan fingerprint density at radius 3 is 2.47 bits per heavy atom. The van der Waals surface area contributed by atoms with Crippen LogP contribution in [0.1, 0.15) is 6.92 Å². The van der Waals surface area contributed by atoms with Crippen molar-refractivity contribution in [3.05, 3.63) is 30.3 Å². The molecule has 0 aromatic heterocycles. The summed E-state index contributed by atoms with van der Waals surface area (Å²) < 4.78 is 41.6. The molecule has 106 valence electrons. The van der Waals surface area contributed by atoms with Crippen LogP contribution in [-0.4, -0.2) is 35.9 Å². The second-order valence-electron chi connectivity index (χ2n) is 3.94. The monoisotopic (exact) mass is 277 g/mol. The van der Waals surface area contributed by atoms with E-state index in [9.17, 15) is 18.0 Å². The van der Waals surface area contributed by atoms with Crippen LogP contribution in [0.4, 0.5) is 13.2 Å². The number of hydrogen-bond donors (Lipinski definition) is 2. The Kier molecular flexibility index (Phi) is 5.17. The van der Waals surface area contributed by atoms with Crippen molar-refractivity contribution in [1.82, 2.24) is 5.32 Å². The number of aliphatic hydroxyl groups is 1. The molecule has 19 heavy (non-hydrogen) atoms. The zero-order valence-electron chi connectivity index (χ0n) is 10.1. The molecule has 2 atom stereocenters. The highest BCUT2D eigenvalue weighted by atomic mass is 19.4. The number of carbonyl (C=O) groups excluding carboxylic acids is 1. The van der Waals surface area contributed by atoms with E-state index in [-0.39, 0.29) is 0 Å². The number of carbonyl (C=O) groups is 1. The lowest BCUT2D eigenvalue weighted by Crippen LogP contribution is -2.49. The van der Waals surface area contributed by atoms with Gasteiger partial charge in [-0.3, -0.25) is 4.79 Å². The van der Waals surface area contributed by atoms with Crippen LogP contribution >= 0.6 is 0 Å². The molecule has 7 heteroatoms. The van der Waals surface area contributed by atoms with Gasteiger partial charge in [-0.1, -0.05) is 18.2 Å². The van der Waals surface area contributed by atoms with Gasteiger partial charge in [-0.2, -0.15) is 13.2 Å². The van der Waals surface area contributed by atoms with E-state index >= 15 is 0 Å². The Labute approximate surface area is 108 Å². The highest BCUT2D eigenvalue weighted by Crippen LogP contribution is 2.22. The summed E-state index contributed by atoms with van der Waals surface area (Å²) in [7, 11) is 0. The summed E-state index contributed by atoms with van der Waals surface area (Å²) in [6, 6.07) is 6.94. The molecule has 4 nitrogen and oxygen atoms in total. The molecule has 0 unspecified atom stereocenters. The van der Waals surface area contributed by atoms with Crippen molar-refractivity contribution in [3.63, 3.8) is 0 Å². The standard InChI is InChI=1S/C12H14F3NO3/c1-8(11(18)12(13,14)15)16-10(17)7-19-9-5-3-2-4-6-9/h2-6,8,11,18H,7H2,1H3,(H,16,17)/t8-,11-/m1/s1. The second-order valence-corrected chi connectivity index (χ2v) is 3.94. The molecule has 0 saturated carbocycles. The molecule has 0 aliphatic carbocycles. The number of hydrogen-bond acceptors (Lipinski definition) is 3. The molecule has 0 saturated heterocycles. The minimum atomic E-state index is -4.77. The van der Waals surface area contributed by atoms with Gasteiger partial charge in [-0.15, -0.1) is 0 Å². The molecule has 0 aliphatic heterocycles. The van der Waals surface area contributed by atoms with E-state index in [1.807, 2.05) is 5.32 Å². The topological polar surface area (TPSA) is 58.6 Å². The van der Waals surface area contributed by atoms with Crippen molar-refractivity contribution in [2.75, 3.05) is 6.61 Å². The Hall–Kier alpha value is -1.76. The third-order valence-electron chi connectivity index (χ3n) is 2.31. The van der Waals surface area contributed by atoms with Crippen molar-refractivity contribution >= 4 is 5.91 Å². The number of para-hydroxylation sites is 1. The zero-order chi connectivity index (χ0) is 14.5. The molecule has 1 rings (SSSR count). The molecule has 0 heterocycles. The molecule has 1 amide bonds. The number of benzene rings is 1. The van der Waals surface area contributed by atoms with Crippen LogP contribution < -0.4 is 10.1 Å². The summed E-state index contributed by atoms with van der Waals surface area (Å²) in [6.45, 7) is 0.650. The number of alkyl halides is 3. The van der Waals surface area contributed by atoms with E-state index in [0.29, 0.717) is 5.75 Å². The fourth-order valence-corrected chi connectivity index (χ4v) is 1.32. The van der Waals surface area contributed by atoms with Crippen LogP contribution in [0.15, 0.2) is 30.3 Å². The third kappa shape index (κ3) is 5.17. The molecule has 1 aromatic carbocycles. The number of aliphatic hydroxyl groups excluding tert-OH is 1. The predicted octanol–water partition coefficient (Wildman–Crippen LogP) is 1.49. The fourth-order valence-electron chi connectivity index (χ4n) is 1.32.